The smallest absolute Gasteiger partial charge is 0.656 e. The van der Waals surface area contributed by atoms with E-state index in [4.69, 9.17) is 19.4 Å². The number of para-hydroxylation sites is 4. The van der Waals surface area contributed by atoms with E-state index in [2.05, 4.69) is 188 Å². The molecule has 0 atom stereocenters. The first-order valence-corrected chi connectivity index (χ1v) is 22.8. The topological polar surface area (TPSA) is 62.9 Å². The molecule has 7 heteroatoms. The molecule has 0 fully saturated rings. The van der Waals surface area contributed by atoms with E-state index >= 15 is 0 Å². The van der Waals surface area contributed by atoms with Crippen molar-refractivity contribution in [3.63, 3.8) is 0 Å². The van der Waals surface area contributed by atoms with Crippen LogP contribution in [0.15, 0.2) is 180 Å². The van der Waals surface area contributed by atoms with Gasteiger partial charge in [-0.2, -0.15) is 0 Å². The van der Waals surface area contributed by atoms with E-state index in [1.165, 1.54) is 22.3 Å². The van der Waals surface area contributed by atoms with E-state index in [9.17, 15) is 0 Å². The number of imidazole rings is 1. The third-order valence-corrected chi connectivity index (χ3v) is 13.5. The van der Waals surface area contributed by atoms with Crippen molar-refractivity contribution in [1.82, 2.24) is 24.1 Å². The standard InChI is InChI=1S/C60H43N5O.Pt/c1-35(2)40-16-11-17-41(36(3)4)57(40)37-25-28-39(29-26-37)64-51-22-13-18-42(59(51)63-60(64)47-20-12-19-46-43-14-5-7-21-50(43)62-58(46)47)38-27-30-44-48-34-55-49(45-15-6-8-23-54(45)66-55)33-53(48)65(52(44)32-38)56-24-9-10-31-61-56;/h5-31,33-36H,1-4H3;/q-2;+2. The molecule has 0 aliphatic carbocycles. The monoisotopic (exact) mass is 1040 g/mol. The molecule has 0 bridgehead atoms. The number of hydrogen-bond donors (Lipinski definition) is 0. The summed E-state index contributed by atoms with van der Waals surface area (Å²) in [7, 11) is 0. The quantitative estimate of drug-likeness (QED) is 0.149. The summed E-state index contributed by atoms with van der Waals surface area (Å²) < 4.78 is 11.0. The minimum atomic E-state index is 0. The van der Waals surface area contributed by atoms with Crippen LogP contribution in [0.4, 0.5) is 0 Å². The molecule has 5 aromatic heterocycles. The molecule has 0 aliphatic rings. The Morgan fingerprint density at radius 3 is 2.06 bits per heavy atom. The largest absolute Gasteiger partial charge is 2.00 e. The van der Waals surface area contributed by atoms with Gasteiger partial charge in [0.2, 0.25) is 0 Å². The molecule has 0 saturated carbocycles. The Morgan fingerprint density at radius 1 is 0.552 bits per heavy atom. The maximum absolute atomic E-state index is 6.40. The first kappa shape index (κ1) is 40.9. The third kappa shape index (κ3) is 6.34. The minimum absolute atomic E-state index is 0. The van der Waals surface area contributed by atoms with Crippen molar-refractivity contribution in [1.29, 1.82) is 0 Å². The summed E-state index contributed by atoms with van der Waals surface area (Å²) in [6.07, 6.45) is 1.85. The number of hydrogen-bond acceptors (Lipinski definition) is 3. The zero-order chi connectivity index (χ0) is 44.2. The van der Waals surface area contributed by atoms with Crippen LogP contribution in [-0.2, 0) is 21.1 Å². The molecule has 0 aliphatic heterocycles. The summed E-state index contributed by atoms with van der Waals surface area (Å²) >= 11 is 0. The van der Waals surface area contributed by atoms with E-state index in [-0.39, 0.29) is 21.1 Å². The van der Waals surface area contributed by atoms with Crippen LogP contribution in [0.5, 0.6) is 0 Å². The maximum atomic E-state index is 6.40. The van der Waals surface area contributed by atoms with E-state index in [1.54, 1.807) is 0 Å². The summed E-state index contributed by atoms with van der Waals surface area (Å²) in [5.74, 6) is 2.44. The molecule has 324 valence electrons. The molecule has 0 saturated heterocycles. The van der Waals surface area contributed by atoms with Crippen LogP contribution < -0.4 is 4.98 Å². The van der Waals surface area contributed by atoms with Crippen LogP contribution in [0, 0.1) is 6.07 Å². The van der Waals surface area contributed by atoms with E-state index in [0.717, 1.165) is 111 Å². The SMILES string of the molecule is CC(C)c1cccc(C(C)C)c1-c1ccc(-n2c(-c3cccc4c3[n-]c3ccccc34)nc3c(-c4[c-]c5c(cc4)c4cc6oc7ccccc7c6cc4n5-c4ccccn4)cccc32)cc1.[Pt+2]. The Morgan fingerprint density at radius 2 is 1.27 bits per heavy atom. The zero-order valence-corrected chi connectivity index (χ0v) is 39.6. The number of rotatable bonds is 7. The Bertz CT molecular complexity index is 4030. The van der Waals surface area contributed by atoms with Gasteiger partial charge in [0, 0.05) is 33.7 Å². The van der Waals surface area contributed by atoms with Crippen LogP contribution in [0.1, 0.15) is 50.7 Å². The van der Waals surface area contributed by atoms with E-state index < -0.39 is 0 Å². The maximum Gasteiger partial charge on any atom is 2.00 e. The Kier molecular flexibility index (Phi) is 9.67. The van der Waals surface area contributed by atoms with Gasteiger partial charge in [-0.05, 0) is 104 Å². The number of fused-ring (bicyclic) bond motifs is 10. The first-order valence-electron chi connectivity index (χ1n) is 22.8. The van der Waals surface area contributed by atoms with Gasteiger partial charge in [0.15, 0.2) is 0 Å². The van der Waals surface area contributed by atoms with E-state index in [1.807, 2.05) is 30.5 Å². The summed E-state index contributed by atoms with van der Waals surface area (Å²) in [4.78, 5) is 15.8. The molecule has 8 aromatic carbocycles. The minimum Gasteiger partial charge on any atom is -0.656 e. The van der Waals surface area contributed by atoms with Crippen molar-refractivity contribution >= 4 is 76.6 Å². The van der Waals surface area contributed by atoms with Gasteiger partial charge in [-0.1, -0.05) is 148 Å². The fourth-order valence-electron chi connectivity index (χ4n) is 10.4. The second-order valence-electron chi connectivity index (χ2n) is 18.1. The van der Waals surface area contributed by atoms with Crippen molar-refractivity contribution in [2.24, 2.45) is 0 Å². The molecule has 0 spiro atoms. The number of benzene rings is 8. The molecule has 67 heavy (non-hydrogen) atoms. The van der Waals surface area contributed by atoms with Gasteiger partial charge < -0.3 is 14.0 Å². The van der Waals surface area contributed by atoms with Crippen molar-refractivity contribution in [3.8, 4) is 45.1 Å². The Labute approximate surface area is 401 Å². The van der Waals surface area contributed by atoms with Crippen molar-refractivity contribution in [3.05, 3.63) is 193 Å². The molecule has 6 nitrogen and oxygen atoms in total. The van der Waals surface area contributed by atoms with Crippen LogP contribution in [0.2, 0.25) is 0 Å². The van der Waals surface area contributed by atoms with Crippen molar-refractivity contribution in [2.75, 3.05) is 0 Å². The van der Waals surface area contributed by atoms with Crippen molar-refractivity contribution < 1.29 is 25.5 Å². The van der Waals surface area contributed by atoms with Gasteiger partial charge in [-0.25, -0.2) is 9.97 Å². The molecule has 13 rings (SSSR count). The number of pyridine rings is 1. The first-order chi connectivity index (χ1) is 32.4. The Balaban J connectivity index is 0.00000468. The van der Waals surface area contributed by atoms with Crippen molar-refractivity contribution in [2.45, 2.75) is 39.5 Å². The van der Waals surface area contributed by atoms with Crippen LogP contribution in [0.25, 0.3) is 122 Å². The van der Waals surface area contributed by atoms with Gasteiger partial charge in [-0.3, -0.25) is 4.57 Å². The van der Waals surface area contributed by atoms with Gasteiger partial charge in [-0.15, -0.1) is 34.8 Å². The van der Waals surface area contributed by atoms with Crippen LogP contribution >= 0.6 is 0 Å². The molecular formula is C60H43N5OPt. The number of aromatic nitrogens is 5. The van der Waals surface area contributed by atoms with Gasteiger partial charge in [0.05, 0.1) is 11.0 Å². The summed E-state index contributed by atoms with van der Waals surface area (Å²) in [5, 5.41) is 6.56. The van der Waals surface area contributed by atoms with E-state index in [0.29, 0.717) is 11.8 Å². The van der Waals surface area contributed by atoms with Crippen LogP contribution in [0.3, 0.4) is 0 Å². The average molecular weight is 1050 g/mol. The average Bonchev–Trinajstić information content (AvgIpc) is 4.12. The molecule has 13 aromatic rings. The fourth-order valence-corrected chi connectivity index (χ4v) is 10.4. The van der Waals surface area contributed by atoms with Gasteiger partial charge in [0.25, 0.3) is 0 Å². The summed E-state index contributed by atoms with van der Waals surface area (Å²) in [6, 6.07) is 64.2. The van der Waals surface area contributed by atoms with Gasteiger partial charge >= 0.3 is 21.1 Å². The summed E-state index contributed by atoms with van der Waals surface area (Å²) in [6.45, 7) is 9.14. The zero-order valence-electron chi connectivity index (χ0n) is 37.4. The predicted molar refractivity (Wildman–Crippen MR) is 272 cm³/mol. The third-order valence-electron chi connectivity index (χ3n) is 13.5. The number of furan rings is 1. The second-order valence-corrected chi connectivity index (χ2v) is 18.1. The molecular weight excluding hydrogens is 1000 g/mol. The fraction of sp³-hybridized carbons (Fsp3) is 0.100. The molecule has 0 radical (unpaired) electrons. The van der Waals surface area contributed by atoms with Crippen LogP contribution in [-0.4, -0.2) is 19.1 Å². The second kappa shape index (κ2) is 15.8. The molecule has 5 heterocycles. The normalized spacial score (nSPS) is 12.0. The predicted octanol–water partition coefficient (Wildman–Crippen LogP) is 15.7. The summed E-state index contributed by atoms with van der Waals surface area (Å²) in [5.41, 5.74) is 16.7. The molecule has 0 unspecified atom stereocenters. The van der Waals surface area contributed by atoms with Gasteiger partial charge in [0.1, 0.15) is 22.8 Å². The Hall–Kier alpha value is -7.53. The molecule has 0 N–H and O–H groups in total. The number of nitrogens with zero attached hydrogens (tertiary/aromatic N) is 5. The molecule has 0 amide bonds.